The third kappa shape index (κ3) is 4.52. The van der Waals surface area contributed by atoms with E-state index in [2.05, 4.69) is 26.5 Å². The number of benzene rings is 3. The predicted molar refractivity (Wildman–Crippen MR) is 112 cm³/mol. The van der Waals surface area contributed by atoms with Crippen LogP contribution in [0.15, 0.2) is 58.1 Å². The number of phenolic OH excluding ortho intramolecular Hbond substituents is 1. The molecule has 0 saturated carbocycles. The van der Waals surface area contributed by atoms with Crippen molar-refractivity contribution in [1.29, 1.82) is 0 Å². The minimum Gasteiger partial charge on any atom is -0.504 e. The molecule has 2 N–H and O–H groups in total. The third-order valence-electron chi connectivity index (χ3n) is 4.22. The minimum atomic E-state index is -0.615. The molecule has 0 aliphatic rings. The molecule has 0 bridgehead atoms. The van der Waals surface area contributed by atoms with Gasteiger partial charge in [0.2, 0.25) is 5.91 Å². The Kier molecular flexibility index (Phi) is 6.08. The summed E-state index contributed by atoms with van der Waals surface area (Å²) in [5, 5.41) is 26.8. The molecule has 0 saturated heterocycles. The molecule has 0 atom stereocenters. The number of nitrogens with one attached hydrogen (secondary N) is 1. The van der Waals surface area contributed by atoms with Gasteiger partial charge >= 0.3 is 0 Å². The van der Waals surface area contributed by atoms with E-state index in [-0.39, 0.29) is 35.1 Å². The lowest BCUT2D eigenvalue weighted by Gasteiger charge is -2.08. The van der Waals surface area contributed by atoms with Gasteiger partial charge < -0.3 is 9.84 Å². The van der Waals surface area contributed by atoms with Gasteiger partial charge in [0.05, 0.1) is 30.7 Å². The number of carbonyl (C=O) groups excluding carboxylic acids is 1. The highest BCUT2D eigenvalue weighted by Gasteiger charge is 2.16. The minimum absolute atomic E-state index is 0.0467. The molecule has 3 aromatic carbocycles. The molecule has 1 amide bonds. The van der Waals surface area contributed by atoms with E-state index >= 15 is 0 Å². The van der Waals surface area contributed by atoms with E-state index in [9.17, 15) is 20.0 Å². The van der Waals surface area contributed by atoms with Gasteiger partial charge in [0.25, 0.3) is 5.69 Å². The van der Waals surface area contributed by atoms with Crippen molar-refractivity contribution in [3.8, 4) is 11.5 Å². The monoisotopic (exact) mass is 457 g/mol. The average Bonchev–Trinajstić information content (AvgIpc) is 2.71. The summed E-state index contributed by atoms with van der Waals surface area (Å²) in [6.07, 6.45) is 1.22. The first-order chi connectivity index (χ1) is 13.9. The summed E-state index contributed by atoms with van der Waals surface area (Å²) in [5.41, 5.74) is 2.98. The number of fused-ring (bicyclic) bond motifs is 1. The fourth-order valence-corrected chi connectivity index (χ4v) is 3.32. The lowest BCUT2D eigenvalue weighted by atomic mass is 10.0. The Morgan fingerprint density at radius 2 is 2.00 bits per heavy atom. The fraction of sp³-hybridized carbons (Fsp3) is 0.100. The number of hydrazone groups is 1. The van der Waals surface area contributed by atoms with E-state index in [0.29, 0.717) is 0 Å². The first kappa shape index (κ1) is 20.3. The second-order valence-electron chi connectivity index (χ2n) is 6.07. The summed E-state index contributed by atoms with van der Waals surface area (Å²) in [6, 6.07) is 13.7. The molecule has 0 aliphatic heterocycles. The summed E-state index contributed by atoms with van der Waals surface area (Å²) < 4.78 is 5.86. The van der Waals surface area contributed by atoms with Gasteiger partial charge in [-0.2, -0.15) is 5.10 Å². The molecule has 3 aromatic rings. The second kappa shape index (κ2) is 8.70. The molecule has 148 valence electrons. The molecule has 3 rings (SSSR count). The molecule has 8 nitrogen and oxygen atoms in total. The second-order valence-corrected chi connectivity index (χ2v) is 6.92. The molecule has 29 heavy (non-hydrogen) atoms. The number of carbonyl (C=O) groups is 1. The van der Waals surface area contributed by atoms with Crippen molar-refractivity contribution in [3.05, 3.63) is 74.2 Å². The number of halogens is 1. The standard InChI is InChI=1S/C20H16BrN3O5/c1-29-18-10-14(24(27)28)8-13(20(18)26)11-22-23-19(25)9-12-6-7-17(21)16-5-3-2-4-15(12)16/h2-8,10-11,26H,9H2,1H3,(H,23,25)/b22-11+. The Bertz CT molecular complexity index is 1130. The number of hydrogen-bond donors (Lipinski definition) is 2. The summed E-state index contributed by atoms with van der Waals surface area (Å²) in [6.45, 7) is 0. The fourth-order valence-electron chi connectivity index (χ4n) is 2.84. The predicted octanol–water partition coefficient (Wildman–Crippen LogP) is 3.92. The number of hydrogen-bond acceptors (Lipinski definition) is 6. The van der Waals surface area contributed by atoms with Crippen LogP contribution in [0.5, 0.6) is 11.5 Å². The lowest BCUT2D eigenvalue weighted by Crippen LogP contribution is -2.20. The summed E-state index contributed by atoms with van der Waals surface area (Å²) in [7, 11) is 1.28. The highest BCUT2D eigenvalue weighted by molar-refractivity contribution is 9.10. The molecule has 0 heterocycles. The number of phenols is 1. The van der Waals surface area contributed by atoms with E-state index in [4.69, 9.17) is 4.74 Å². The zero-order valence-electron chi connectivity index (χ0n) is 15.3. The lowest BCUT2D eigenvalue weighted by molar-refractivity contribution is -0.385. The van der Waals surface area contributed by atoms with E-state index in [1.165, 1.54) is 7.11 Å². The van der Waals surface area contributed by atoms with Gasteiger partial charge in [0, 0.05) is 16.1 Å². The van der Waals surface area contributed by atoms with Crippen LogP contribution in [-0.2, 0) is 11.2 Å². The van der Waals surface area contributed by atoms with Crippen LogP contribution < -0.4 is 10.2 Å². The van der Waals surface area contributed by atoms with Gasteiger partial charge in [-0.1, -0.05) is 46.3 Å². The van der Waals surface area contributed by atoms with E-state index < -0.39 is 4.92 Å². The Morgan fingerprint density at radius 1 is 1.28 bits per heavy atom. The van der Waals surface area contributed by atoms with Crippen LogP contribution in [0.2, 0.25) is 0 Å². The van der Waals surface area contributed by atoms with Gasteiger partial charge in [0.15, 0.2) is 11.5 Å². The molecule has 0 unspecified atom stereocenters. The largest absolute Gasteiger partial charge is 0.504 e. The average molecular weight is 458 g/mol. The molecule has 0 aromatic heterocycles. The van der Waals surface area contributed by atoms with Crippen LogP contribution in [0.1, 0.15) is 11.1 Å². The van der Waals surface area contributed by atoms with Crippen molar-refractivity contribution < 1.29 is 19.6 Å². The number of ether oxygens (including phenoxy) is 1. The molecular weight excluding hydrogens is 442 g/mol. The molecule has 0 fully saturated rings. The Labute approximate surface area is 174 Å². The van der Waals surface area contributed by atoms with Crippen molar-refractivity contribution in [2.24, 2.45) is 5.10 Å². The van der Waals surface area contributed by atoms with Crippen molar-refractivity contribution >= 4 is 44.5 Å². The van der Waals surface area contributed by atoms with Crippen molar-refractivity contribution in [3.63, 3.8) is 0 Å². The van der Waals surface area contributed by atoms with Gasteiger partial charge in [0.1, 0.15) is 0 Å². The van der Waals surface area contributed by atoms with Crippen LogP contribution in [0.25, 0.3) is 10.8 Å². The van der Waals surface area contributed by atoms with Crippen molar-refractivity contribution in [2.75, 3.05) is 7.11 Å². The van der Waals surface area contributed by atoms with E-state index in [0.717, 1.165) is 39.2 Å². The topological polar surface area (TPSA) is 114 Å². The van der Waals surface area contributed by atoms with Crippen LogP contribution in [0.3, 0.4) is 0 Å². The van der Waals surface area contributed by atoms with Crippen LogP contribution >= 0.6 is 15.9 Å². The normalized spacial score (nSPS) is 11.0. The summed E-state index contributed by atoms with van der Waals surface area (Å²) in [4.78, 5) is 22.7. The van der Waals surface area contributed by atoms with Crippen LogP contribution in [-0.4, -0.2) is 29.3 Å². The first-order valence-electron chi connectivity index (χ1n) is 8.44. The summed E-state index contributed by atoms with van der Waals surface area (Å²) >= 11 is 3.49. The maximum atomic E-state index is 12.3. The first-order valence-corrected chi connectivity index (χ1v) is 9.23. The third-order valence-corrected chi connectivity index (χ3v) is 4.92. The SMILES string of the molecule is COc1cc([N+](=O)[O-])cc(/C=N/NC(=O)Cc2ccc(Br)c3ccccc23)c1O. The summed E-state index contributed by atoms with van der Waals surface area (Å²) in [5.74, 6) is -0.742. The number of nitrogens with zero attached hydrogens (tertiary/aromatic N) is 2. The van der Waals surface area contributed by atoms with Gasteiger partial charge in [-0.25, -0.2) is 5.43 Å². The number of non-ortho nitro benzene ring substituents is 1. The number of methoxy groups -OCH3 is 1. The maximum Gasteiger partial charge on any atom is 0.274 e. The quantitative estimate of drug-likeness (QED) is 0.330. The number of nitro benzene ring substituents is 1. The Hall–Kier alpha value is -3.46. The Morgan fingerprint density at radius 3 is 2.69 bits per heavy atom. The zero-order valence-corrected chi connectivity index (χ0v) is 16.8. The number of nitro groups is 1. The van der Waals surface area contributed by atoms with Crippen LogP contribution in [0.4, 0.5) is 5.69 Å². The Balaban J connectivity index is 1.77. The van der Waals surface area contributed by atoms with Gasteiger partial charge in [-0.05, 0) is 22.4 Å². The highest BCUT2D eigenvalue weighted by Crippen LogP contribution is 2.33. The van der Waals surface area contributed by atoms with E-state index in [1.807, 2.05) is 36.4 Å². The molecule has 0 aliphatic carbocycles. The zero-order chi connectivity index (χ0) is 21.0. The van der Waals surface area contributed by atoms with Gasteiger partial charge in [-0.15, -0.1) is 0 Å². The van der Waals surface area contributed by atoms with E-state index in [1.54, 1.807) is 0 Å². The number of rotatable bonds is 6. The molecule has 9 heteroatoms. The van der Waals surface area contributed by atoms with Gasteiger partial charge in [-0.3, -0.25) is 14.9 Å². The smallest absolute Gasteiger partial charge is 0.274 e. The maximum absolute atomic E-state index is 12.3. The van der Waals surface area contributed by atoms with Crippen molar-refractivity contribution in [2.45, 2.75) is 6.42 Å². The molecular formula is C20H16BrN3O5. The number of amides is 1. The van der Waals surface area contributed by atoms with Crippen LogP contribution in [0, 0.1) is 10.1 Å². The number of aromatic hydroxyl groups is 1. The molecule has 0 spiro atoms. The highest BCUT2D eigenvalue weighted by atomic mass is 79.9. The molecule has 0 radical (unpaired) electrons. The van der Waals surface area contributed by atoms with Crippen molar-refractivity contribution in [1.82, 2.24) is 5.43 Å².